The van der Waals surface area contributed by atoms with Gasteiger partial charge in [0.2, 0.25) is 0 Å². The van der Waals surface area contributed by atoms with Gasteiger partial charge in [-0.15, -0.1) is 0 Å². The van der Waals surface area contributed by atoms with Crippen LogP contribution in [0.15, 0.2) is 18.2 Å². The molecule has 0 atom stereocenters. The first-order valence-corrected chi connectivity index (χ1v) is 7.34. The summed E-state index contributed by atoms with van der Waals surface area (Å²) in [5, 5.41) is 9.30. The van der Waals surface area contributed by atoms with Crippen LogP contribution in [0.25, 0.3) is 0 Å². The number of hydrogen-bond acceptors (Lipinski definition) is 4. The van der Waals surface area contributed by atoms with Crippen molar-refractivity contribution in [3.63, 3.8) is 0 Å². The van der Waals surface area contributed by atoms with Crippen molar-refractivity contribution >= 4 is 0 Å². The zero-order chi connectivity index (χ0) is 14.4. The van der Waals surface area contributed by atoms with Gasteiger partial charge in [0.25, 0.3) is 0 Å². The Hall–Kier alpha value is -1.26. The predicted molar refractivity (Wildman–Crippen MR) is 79.3 cm³/mol. The lowest BCUT2D eigenvalue weighted by Crippen LogP contribution is -2.35. The van der Waals surface area contributed by atoms with Gasteiger partial charge >= 0.3 is 0 Å². The van der Waals surface area contributed by atoms with Gasteiger partial charge in [-0.05, 0) is 31.0 Å². The SMILES string of the molecule is COc1ccc(OC)c(CN(CCO)C2CCCC2)c1. The molecule has 0 aromatic heterocycles. The molecule has 2 rings (SSSR count). The number of hydrogen-bond donors (Lipinski definition) is 1. The summed E-state index contributed by atoms with van der Waals surface area (Å²) in [5.74, 6) is 1.72. The standard InChI is InChI=1S/C16H25NO3/c1-19-15-7-8-16(20-2)13(11-15)12-17(9-10-18)14-5-3-4-6-14/h7-8,11,14,18H,3-6,9-10,12H2,1-2H3. The molecule has 1 saturated carbocycles. The van der Waals surface area contributed by atoms with Gasteiger partial charge in [-0.2, -0.15) is 0 Å². The lowest BCUT2D eigenvalue weighted by molar-refractivity contribution is 0.143. The third-order valence-electron chi connectivity index (χ3n) is 4.09. The van der Waals surface area contributed by atoms with E-state index in [1.54, 1.807) is 14.2 Å². The van der Waals surface area contributed by atoms with Crippen LogP contribution >= 0.6 is 0 Å². The summed E-state index contributed by atoms with van der Waals surface area (Å²) in [5.41, 5.74) is 1.12. The average molecular weight is 279 g/mol. The monoisotopic (exact) mass is 279 g/mol. The lowest BCUT2D eigenvalue weighted by Gasteiger charge is -2.28. The van der Waals surface area contributed by atoms with Crippen molar-refractivity contribution in [2.24, 2.45) is 0 Å². The summed E-state index contributed by atoms with van der Waals surface area (Å²) in [6, 6.07) is 6.46. The fourth-order valence-electron chi connectivity index (χ4n) is 3.01. The molecule has 1 aliphatic rings. The predicted octanol–water partition coefficient (Wildman–Crippen LogP) is 2.44. The molecule has 20 heavy (non-hydrogen) atoms. The maximum Gasteiger partial charge on any atom is 0.123 e. The molecule has 0 heterocycles. The Morgan fingerprint density at radius 3 is 2.55 bits per heavy atom. The molecule has 0 spiro atoms. The molecule has 0 bridgehead atoms. The normalized spacial score (nSPS) is 15.8. The van der Waals surface area contributed by atoms with Gasteiger partial charge in [0, 0.05) is 24.7 Å². The summed E-state index contributed by atoms with van der Waals surface area (Å²) in [4.78, 5) is 2.37. The number of nitrogens with zero attached hydrogens (tertiary/aromatic N) is 1. The van der Waals surface area contributed by atoms with E-state index in [1.807, 2.05) is 18.2 Å². The quantitative estimate of drug-likeness (QED) is 0.832. The Balaban J connectivity index is 2.15. The Kier molecular flexibility index (Phi) is 5.68. The van der Waals surface area contributed by atoms with Crippen LogP contribution in [-0.2, 0) is 6.54 Å². The molecular weight excluding hydrogens is 254 g/mol. The van der Waals surface area contributed by atoms with E-state index < -0.39 is 0 Å². The molecule has 1 fully saturated rings. The molecule has 0 saturated heterocycles. The molecular formula is C16H25NO3. The molecule has 0 unspecified atom stereocenters. The minimum Gasteiger partial charge on any atom is -0.497 e. The molecule has 1 N–H and O–H groups in total. The molecule has 4 heteroatoms. The summed E-state index contributed by atoms with van der Waals surface area (Å²) >= 11 is 0. The number of aliphatic hydroxyl groups excluding tert-OH is 1. The highest BCUT2D eigenvalue weighted by atomic mass is 16.5. The third kappa shape index (κ3) is 3.64. The molecule has 0 amide bonds. The molecule has 1 aromatic rings. The van der Waals surface area contributed by atoms with Gasteiger partial charge in [0.15, 0.2) is 0 Å². The van der Waals surface area contributed by atoms with Crippen LogP contribution in [0.2, 0.25) is 0 Å². The van der Waals surface area contributed by atoms with E-state index >= 15 is 0 Å². The Morgan fingerprint density at radius 1 is 1.20 bits per heavy atom. The molecule has 1 aliphatic carbocycles. The van der Waals surface area contributed by atoms with E-state index in [-0.39, 0.29) is 6.61 Å². The minimum atomic E-state index is 0.197. The van der Waals surface area contributed by atoms with E-state index in [4.69, 9.17) is 9.47 Å². The minimum absolute atomic E-state index is 0.197. The van der Waals surface area contributed by atoms with Crippen LogP contribution in [0, 0.1) is 0 Å². The van der Waals surface area contributed by atoms with Crippen molar-refractivity contribution in [3.8, 4) is 11.5 Å². The number of ether oxygens (including phenoxy) is 2. The number of aliphatic hydroxyl groups is 1. The Labute approximate surface area is 121 Å². The van der Waals surface area contributed by atoms with Crippen LogP contribution in [0.5, 0.6) is 11.5 Å². The highest BCUT2D eigenvalue weighted by molar-refractivity contribution is 5.40. The van der Waals surface area contributed by atoms with Crippen molar-refractivity contribution < 1.29 is 14.6 Å². The van der Waals surface area contributed by atoms with Gasteiger partial charge in [-0.25, -0.2) is 0 Å². The highest BCUT2D eigenvalue weighted by Gasteiger charge is 2.23. The molecule has 4 nitrogen and oxygen atoms in total. The Morgan fingerprint density at radius 2 is 1.95 bits per heavy atom. The summed E-state index contributed by atoms with van der Waals surface area (Å²) < 4.78 is 10.7. The van der Waals surface area contributed by atoms with Gasteiger partial charge in [-0.3, -0.25) is 4.90 Å². The zero-order valence-electron chi connectivity index (χ0n) is 12.5. The van der Waals surface area contributed by atoms with Crippen molar-refractivity contribution in [3.05, 3.63) is 23.8 Å². The van der Waals surface area contributed by atoms with Crippen molar-refractivity contribution in [1.82, 2.24) is 4.90 Å². The highest BCUT2D eigenvalue weighted by Crippen LogP contribution is 2.29. The number of methoxy groups -OCH3 is 2. The first-order chi connectivity index (χ1) is 9.78. The van der Waals surface area contributed by atoms with Crippen molar-refractivity contribution in [2.45, 2.75) is 38.3 Å². The van der Waals surface area contributed by atoms with Gasteiger partial charge in [-0.1, -0.05) is 12.8 Å². The first kappa shape index (κ1) is 15.1. The van der Waals surface area contributed by atoms with Gasteiger partial charge < -0.3 is 14.6 Å². The zero-order valence-corrected chi connectivity index (χ0v) is 12.5. The van der Waals surface area contributed by atoms with E-state index in [0.717, 1.165) is 23.6 Å². The van der Waals surface area contributed by atoms with Crippen LogP contribution < -0.4 is 9.47 Å². The summed E-state index contributed by atoms with van der Waals surface area (Å²) in [6.45, 7) is 1.71. The molecule has 0 radical (unpaired) electrons. The number of benzene rings is 1. The third-order valence-corrected chi connectivity index (χ3v) is 4.09. The van der Waals surface area contributed by atoms with E-state index in [2.05, 4.69) is 4.90 Å². The van der Waals surface area contributed by atoms with E-state index in [1.165, 1.54) is 25.7 Å². The topological polar surface area (TPSA) is 41.9 Å². The summed E-state index contributed by atoms with van der Waals surface area (Å²) in [7, 11) is 3.37. The lowest BCUT2D eigenvalue weighted by atomic mass is 10.1. The molecule has 1 aromatic carbocycles. The second-order valence-corrected chi connectivity index (χ2v) is 5.31. The largest absolute Gasteiger partial charge is 0.497 e. The fourth-order valence-corrected chi connectivity index (χ4v) is 3.01. The number of rotatable bonds is 7. The van der Waals surface area contributed by atoms with E-state index in [9.17, 15) is 5.11 Å². The van der Waals surface area contributed by atoms with Crippen LogP contribution in [0.4, 0.5) is 0 Å². The maximum atomic E-state index is 9.30. The Bertz CT molecular complexity index is 416. The van der Waals surface area contributed by atoms with Crippen LogP contribution in [0.1, 0.15) is 31.2 Å². The first-order valence-electron chi connectivity index (χ1n) is 7.34. The van der Waals surface area contributed by atoms with Gasteiger partial charge in [0.1, 0.15) is 11.5 Å². The molecule has 0 aliphatic heterocycles. The van der Waals surface area contributed by atoms with Crippen molar-refractivity contribution in [1.29, 1.82) is 0 Å². The average Bonchev–Trinajstić information content (AvgIpc) is 3.00. The smallest absolute Gasteiger partial charge is 0.123 e. The van der Waals surface area contributed by atoms with Gasteiger partial charge in [0.05, 0.1) is 20.8 Å². The second kappa shape index (κ2) is 7.50. The molecule has 112 valence electrons. The van der Waals surface area contributed by atoms with Crippen LogP contribution in [-0.4, -0.2) is 43.4 Å². The van der Waals surface area contributed by atoms with Crippen LogP contribution in [0.3, 0.4) is 0 Å². The second-order valence-electron chi connectivity index (χ2n) is 5.31. The summed E-state index contributed by atoms with van der Waals surface area (Å²) in [6.07, 6.45) is 5.04. The fraction of sp³-hybridized carbons (Fsp3) is 0.625. The maximum absolute atomic E-state index is 9.30. The van der Waals surface area contributed by atoms with Crippen molar-refractivity contribution in [2.75, 3.05) is 27.4 Å². The van der Waals surface area contributed by atoms with E-state index in [0.29, 0.717) is 12.6 Å².